The predicted molar refractivity (Wildman–Crippen MR) is 101 cm³/mol. The van der Waals surface area contributed by atoms with Crippen LogP contribution in [0.15, 0.2) is 51.7 Å². The highest BCUT2D eigenvalue weighted by Gasteiger charge is 2.12. The fourth-order valence-electron chi connectivity index (χ4n) is 2.93. The molecule has 0 unspecified atom stereocenters. The van der Waals surface area contributed by atoms with Gasteiger partial charge in [0, 0.05) is 19.5 Å². The first-order valence-electron chi connectivity index (χ1n) is 8.94. The van der Waals surface area contributed by atoms with Gasteiger partial charge in [0.25, 0.3) is 0 Å². The third-order valence-electron chi connectivity index (χ3n) is 4.29. The Kier molecular flexibility index (Phi) is 6.48. The quantitative estimate of drug-likeness (QED) is 0.590. The number of aromatic nitrogens is 1. The highest BCUT2D eigenvalue weighted by atomic mass is 19.3. The van der Waals surface area contributed by atoms with Crippen molar-refractivity contribution in [2.75, 3.05) is 7.11 Å². The van der Waals surface area contributed by atoms with E-state index in [-0.39, 0.29) is 30.4 Å². The second-order valence-corrected chi connectivity index (χ2v) is 6.23. The number of hydrogen-bond donors (Lipinski definition) is 1. The summed E-state index contributed by atoms with van der Waals surface area (Å²) in [5.41, 5.74) is 1.88. The Morgan fingerprint density at radius 3 is 2.76 bits per heavy atom. The van der Waals surface area contributed by atoms with Crippen molar-refractivity contribution in [1.29, 1.82) is 0 Å². The minimum absolute atomic E-state index is 0.0737. The van der Waals surface area contributed by atoms with E-state index >= 15 is 0 Å². The van der Waals surface area contributed by atoms with Gasteiger partial charge in [0.1, 0.15) is 0 Å². The lowest BCUT2D eigenvalue weighted by molar-refractivity contribution is -0.121. The molecule has 154 valence electrons. The molecule has 0 bridgehead atoms. The molecule has 0 spiro atoms. The van der Waals surface area contributed by atoms with E-state index < -0.39 is 12.4 Å². The highest BCUT2D eigenvalue weighted by molar-refractivity contribution is 5.76. The Balaban J connectivity index is 1.51. The van der Waals surface area contributed by atoms with E-state index in [0.717, 1.165) is 0 Å². The van der Waals surface area contributed by atoms with Gasteiger partial charge in [-0.1, -0.05) is 18.2 Å². The van der Waals surface area contributed by atoms with Crippen molar-refractivity contribution >= 4 is 17.0 Å². The van der Waals surface area contributed by atoms with Crippen molar-refractivity contribution in [3.63, 3.8) is 0 Å². The van der Waals surface area contributed by atoms with Crippen molar-refractivity contribution in [1.82, 2.24) is 9.88 Å². The van der Waals surface area contributed by atoms with Crippen LogP contribution in [0.5, 0.6) is 11.5 Å². The Morgan fingerprint density at radius 2 is 2.00 bits per heavy atom. The van der Waals surface area contributed by atoms with Crippen LogP contribution < -0.4 is 20.5 Å². The van der Waals surface area contributed by atoms with Gasteiger partial charge in [-0.3, -0.25) is 9.36 Å². The van der Waals surface area contributed by atoms with Crippen LogP contribution in [0.1, 0.15) is 18.4 Å². The molecule has 1 amide bonds. The summed E-state index contributed by atoms with van der Waals surface area (Å²) in [7, 11) is 1.34. The number of aryl methyl sites for hydroxylation is 1. The van der Waals surface area contributed by atoms with Crippen LogP contribution in [-0.4, -0.2) is 24.2 Å². The number of carbonyl (C=O) groups excluding carboxylic acids is 1. The second-order valence-electron chi connectivity index (χ2n) is 6.23. The van der Waals surface area contributed by atoms with Crippen molar-refractivity contribution < 1.29 is 27.5 Å². The number of nitrogens with one attached hydrogen (secondary N) is 1. The minimum Gasteiger partial charge on any atom is -0.493 e. The van der Waals surface area contributed by atoms with E-state index in [1.807, 2.05) is 6.07 Å². The lowest BCUT2D eigenvalue weighted by Gasteiger charge is -2.12. The molecular weight excluding hydrogens is 386 g/mol. The van der Waals surface area contributed by atoms with Crippen LogP contribution >= 0.6 is 0 Å². The Morgan fingerprint density at radius 1 is 1.21 bits per heavy atom. The van der Waals surface area contributed by atoms with Gasteiger partial charge >= 0.3 is 12.4 Å². The average Bonchev–Trinajstić information content (AvgIpc) is 3.02. The van der Waals surface area contributed by atoms with Crippen LogP contribution in [0.3, 0.4) is 0 Å². The maximum absolute atomic E-state index is 12.4. The number of ether oxygens (including phenoxy) is 2. The SMILES string of the molecule is COc1cc(CNC(=O)CCCn2c(=O)oc3ccccc32)ccc1OC(F)F. The number of hydrogen-bond acceptors (Lipinski definition) is 5. The van der Waals surface area contributed by atoms with Gasteiger partial charge in [0.05, 0.1) is 12.6 Å². The Labute approximate surface area is 164 Å². The van der Waals surface area contributed by atoms with E-state index in [2.05, 4.69) is 10.1 Å². The summed E-state index contributed by atoms with van der Waals surface area (Å²) in [4.78, 5) is 24.0. The number of nitrogens with zero attached hydrogens (tertiary/aromatic N) is 1. The fourth-order valence-corrected chi connectivity index (χ4v) is 2.93. The molecule has 2 aromatic carbocycles. The minimum atomic E-state index is -2.95. The second kappa shape index (κ2) is 9.22. The number of para-hydroxylation sites is 2. The zero-order valence-corrected chi connectivity index (χ0v) is 15.7. The molecule has 1 N–H and O–H groups in total. The summed E-state index contributed by atoms with van der Waals surface area (Å²) in [5.74, 6) is -0.568. The molecular formula is C20H20F2N2O5. The number of benzene rings is 2. The molecule has 29 heavy (non-hydrogen) atoms. The summed E-state index contributed by atoms with van der Waals surface area (Å²) >= 11 is 0. The van der Waals surface area contributed by atoms with E-state index in [1.54, 1.807) is 24.3 Å². The molecule has 0 saturated heterocycles. The molecule has 3 aromatic rings. The number of alkyl halides is 2. The first-order chi connectivity index (χ1) is 14.0. The molecule has 9 heteroatoms. The standard InChI is InChI=1S/C20H20F2N2O5/c1-27-17-11-13(8-9-16(17)28-19(21)22)12-23-18(25)7-4-10-24-14-5-2-3-6-15(14)29-20(24)26/h2-3,5-6,8-9,11,19H,4,7,10,12H2,1H3,(H,23,25). The van der Waals surface area contributed by atoms with Gasteiger partial charge in [-0.05, 0) is 36.2 Å². The van der Waals surface area contributed by atoms with Crippen molar-refractivity contribution in [3.05, 3.63) is 58.6 Å². The van der Waals surface area contributed by atoms with Gasteiger partial charge < -0.3 is 19.2 Å². The fraction of sp³-hybridized carbons (Fsp3) is 0.300. The first-order valence-corrected chi connectivity index (χ1v) is 8.94. The number of methoxy groups -OCH3 is 1. The largest absolute Gasteiger partial charge is 0.493 e. The molecule has 0 aliphatic carbocycles. The summed E-state index contributed by atoms with van der Waals surface area (Å²) in [6, 6.07) is 11.5. The third-order valence-corrected chi connectivity index (χ3v) is 4.29. The van der Waals surface area contributed by atoms with E-state index in [0.29, 0.717) is 29.6 Å². The zero-order valence-electron chi connectivity index (χ0n) is 15.7. The summed E-state index contributed by atoms with van der Waals surface area (Å²) < 4.78 is 40.8. The van der Waals surface area contributed by atoms with E-state index in [1.165, 1.54) is 23.8 Å². The van der Waals surface area contributed by atoms with Gasteiger partial charge in [-0.2, -0.15) is 8.78 Å². The van der Waals surface area contributed by atoms with Crippen molar-refractivity contribution in [2.24, 2.45) is 0 Å². The Bertz CT molecular complexity index is 1040. The third kappa shape index (κ3) is 5.13. The molecule has 0 saturated carbocycles. The zero-order chi connectivity index (χ0) is 20.8. The molecule has 0 fully saturated rings. The molecule has 1 heterocycles. The number of oxazole rings is 1. The van der Waals surface area contributed by atoms with E-state index in [9.17, 15) is 18.4 Å². The smallest absolute Gasteiger partial charge is 0.419 e. The number of fused-ring (bicyclic) bond motifs is 1. The predicted octanol–water partition coefficient (Wildman–Crippen LogP) is 3.30. The number of halogens is 2. The van der Waals surface area contributed by atoms with Crippen LogP contribution in [0.4, 0.5) is 8.78 Å². The van der Waals surface area contributed by atoms with Gasteiger partial charge in [-0.25, -0.2) is 4.79 Å². The molecule has 1 aromatic heterocycles. The number of carbonyl (C=O) groups is 1. The van der Waals surface area contributed by atoms with Gasteiger partial charge in [0.2, 0.25) is 5.91 Å². The summed E-state index contributed by atoms with van der Waals surface area (Å²) in [6.07, 6.45) is 0.676. The van der Waals surface area contributed by atoms with Crippen LogP contribution in [0.2, 0.25) is 0 Å². The maximum Gasteiger partial charge on any atom is 0.419 e. The van der Waals surface area contributed by atoms with Crippen molar-refractivity contribution in [2.45, 2.75) is 32.5 Å². The average molecular weight is 406 g/mol. The lowest BCUT2D eigenvalue weighted by Crippen LogP contribution is -2.23. The maximum atomic E-state index is 12.4. The van der Waals surface area contributed by atoms with Gasteiger partial charge in [0.15, 0.2) is 17.1 Å². The molecule has 0 aliphatic heterocycles. The molecule has 0 atom stereocenters. The Hall–Kier alpha value is -3.36. The van der Waals surface area contributed by atoms with Crippen LogP contribution in [0, 0.1) is 0 Å². The lowest BCUT2D eigenvalue weighted by atomic mass is 10.2. The van der Waals surface area contributed by atoms with E-state index in [4.69, 9.17) is 9.15 Å². The summed E-state index contributed by atoms with van der Waals surface area (Å²) in [6.45, 7) is -2.38. The van der Waals surface area contributed by atoms with Crippen LogP contribution in [-0.2, 0) is 17.9 Å². The number of rotatable bonds is 9. The summed E-state index contributed by atoms with van der Waals surface area (Å²) in [5, 5.41) is 2.75. The van der Waals surface area contributed by atoms with Crippen molar-refractivity contribution in [3.8, 4) is 11.5 Å². The number of amides is 1. The monoisotopic (exact) mass is 406 g/mol. The molecule has 3 rings (SSSR count). The molecule has 0 aliphatic rings. The van der Waals surface area contributed by atoms with Gasteiger partial charge in [-0.15, -0.1) is 0 Å². The first kappa shape index (κ1) is 20.4. The molecule has 0 radical (unpaired) electrons. The topological polar surface area (TPSA) is 82.7 Å². The van der Waals surface area contributed by atoms with Crippen LogP contribution in [0.25, 0.3) is 11.1 Å². The molecule has 7 nitrogen and oxygen atoms in total. The normalized spacial score (nSPS) is 11.0. The highest BCUT2D eigenvalue weighted by Crippen LogP contribution is 2.29.